The number of aromatic amines is 1. The molecule has 1 fully saturated rings. The van der Waals surface area contributed by atoms with Crippen LogP contribution in [0.2, 0.25) is 0 Å². The molecule has 4 heteroatoms. The molecule has 0 bridgehead atoms. The lowest BCUT2D eigenvalue weighted by molar-refractivity contribution is 0.354. The van der Waals surface area contributed by atoms with E-state index in [9.17, 15) is 4.39 Å². The standard InChI is InChI=1S/C16H20FN3/c17-15-8-4-3-7-14(15)16(12-5-1-2-6-12)18-11-13-9-10-19-20-13/h3-4,7-10,12,16,18H,1-2,5-6,11H2,(H,19,20)/t16-/m1/s1. The Morgan fingerprint density at radius 1 is 1.25 bits per heavy atom. The van der Waals surface area contributed by atoms with Crippen LogP contribution in [-0.2, 0) is 6.54 Å². The van der Waals surface area contributed by atoms with Gasteiger partial charge in [-0.2, -0.15) is 5.10 Å². The van der Waals surface area contributed by atoms with Crippen molar-refractivity contribution in [3.63, 3.8) is 0 Å². The Kier molecular flexibility index (Phi) is 4.11. The third kappa shape index (κ3) is 2.90. The van der Waals surface area contributed by atoms with Gasteiger partial charge in [0.1, 0.15) is 5.82 Å². The van der Waals surface area contributed by atoms with Crippen LogP contribution in [0.1, 0.15) is 43.0 Å². The number of aromatic nitrogens is 2. The molecule has 0 aliphatic heterocycles. The molecule has 106 valence electrons. The van der Waals surface area contributed by atoms with E-state index in [4.69, 9.17) is 0 Å². The topological polar surface area (TPSA) is 40.7 Å². The summed E-state index contributed by atoms with van der Waals surface area (Å²) in [5.41, 5.74) is 1.82. The second-order valence-electron chi connectivity index (χ2n) is 5.51. The normalized spacial score (nSPS) is 17.4. The molecule has 1 saturated carbocycles. The molecule has 0 saturated heterocycles. The lowest BCUT2D eigenvalue weighted by atomic mass is 9.91. The molecule has 0 unspecified atom stereocenters. The number of nitrogens with one attached hydrogen (secondary N) is 2. The molecule has 2 N–H and O–H groups in total. The summed E-state index contributed by atoms with van der Waals surface area (Å²) in [5.74, 6) is 0.413. The van der Waals surface area contributed by atoms with Crippen molar-refractivity contribution >= 4 is 0 Å². The van der Waals surface area contributed by atoms with Crippen molar-refractivity contribution in [2.75, 3.05) is 0 Å². The predicted molar refractivity (Wildman–Crippen MR) is 76.5 cm³/mol. The zero-order valence-corrected chi connectivity index (χ0v) is 11.5. The number of rotatable bonds is 5. The highest BCUT2D eigenvalue weighted by Gasteiger charge is 2.27. The van der Waals surface area contributed by atoms with Gasteiger partial charge in [0.25, 0.3) is 0 Å². The van der Waals surface area contributed by atoms with E-state index in [1.165, 1.54) is 25.7 Å². The van der Waals surface area contributed by atoms with Gasteiger partial charge in [-0.25, -0.2) is 4.39 Å². The van der Waals surface area contributed by atoms with E-state index in [2.05, 4.69) is 15.5 Å². The van der Waals surface area contributed by atoms with Crippen LogP contribution in [0.25, 0.3) is 0 Å². The molecule has 0 radical (unpaired) electrons. The zero-order valence-electron chi connectivity index (χ0n) is 11.5. The fraction of sp³-hybridized carbons (Fsp3) is 0.438. The van der Waals surface area contributed by atoms with Gasteiger partial charge in [-0.1, -0.05) is 31.0 Å². The fourth-order valence-corrected chi connectivity index (χ4v) is 3.15. The van der Waals surface area contributed by atoms with Gasteiger partial charge < -0.3 is 5.32 Å². The maximum Gasteiger partial charge on any atom is 0.127 e. The van der Waals surface area contributed by atoms with Crippen molar-refractivity contribution in [3.05, 3.63) is 53.6 Å². The monoisotopic (exact) mass is 273 g/mol. The molecule has 3 nitrogen and oxygen atoms in total. The highest BCUT2D eigenvalue weighted by Crippen LogP contribution is 2.36. The molecule has 2 aromatic rings. The van der Waals surface area contributed by atoms with Crippen LogP contribution >= 0.6 is 0 Å². The van der Waals surface area contributed by atoms with Crippen molar-refractivity contribution in [3.8, 4) is 0 Å². The first-order valence-corrected chi connectivity index (χ1v) is 7.30. The Bertz CT molecular complexity index is 532. The Balaban J connectivity index is 1.78. The van der Waals surface area contributed by atoms with Crippen molar-refractivity contribution in [2.24, 2.45) is 5.92 Å². The molecule has 1 heterocycles. The molecule has 3 rings (SSSR count). The van der Waals surface area contributed by atoms with Gasteiger partial charge in [0.05, 0.1) is 0 Å². The number of hydrogen-bond donors (Lipinski definition) is 2. The van der Waals surface area contributed by atoms with Crippen LogP contribution < -0.4 is 5.32 Å². The summed E-state index contributed by atoms with van der Waals surface area (Å²) in [6.07, 6.45) is 6.59. The number of H-pyrrole nitrogens is 1. The summed E-state index contributed by atoms with van der Waals surface area (Å²) in [5, 5.41) is 10.4. The number of nitrogens with zero attached hydrogens (tertiary/aromatic N) is 1. The number of benzene rings is 1. The Morgan fingerprint density at radius 3 is 2.75 bits per heavy atom. The van der Waals surface area contributed by atoms with Gasteiger partial charge in [0, 0.05) is 30.0 Å². The minimum atomic E-state index is -0.110. The van der Waals surface area contributed by atoms with Gasteiger partial charge >= 0.3 is 0 Å². The Labute approximate surface area is 118 Å². The first-order valence-electron chi connectivity index (χ1n) is 7.30. The quantitative estimate of drug-likeness (QED) is 0.874. The van der Waals surface area contributed by atoms with E-state index >= 15 is 0 Å². The highest BCUT2D eigenvalue weighted by molar-refractivity contribution is 5.22. The first kappa shape index (κ1) is 13.3. The smallest absolute Gasteiger partial charge is 0.127 e. The third-order valence-corrected chi connectivity index (χ3v) is 4.18. The first-order chi connectivity index (χ1) is 9.84. The number of halogens is 1. The van der Waals surface area contributed by atoms with Gasteiger partial charge in [-0.05, 0) is 30.9 Å². The summed E-state index contributed by atoms with van der Waals surface area (Å²) < 4.78 is 14.1. The van der Waals surface area contributed by atoms with Crippen LogP contribution in [0.3, 0.4) is 0 Å². The second-order valence-corrected chi connectivity index (χ2v) is 5.51. The zero-order chi connectivity index (χ0) is 13.8. The van der Waals surface area contributed by atoms with Crippen LogP contribution in [0.5, 0.6) is 0 Å². The van der Waals surface area contributed by atoms with Gasteiger partial charge in [0.2, 0.25) is 0 Å². The van der Waals surface area contributed by atoms with E-state index in [1.54, 1.807) is 18.3 Å². The molecule has 1 aromatic carbocycles. The highest BCUT2D eigenvalue weighted by atomic mass is 19.1. The lowest BCUT2D eigenvalue weighted by Crippen LogP contribution is -2.27. The van der Waals surface area contributed by atoms with Crippen LogP contribution in [0, 0.1) is 11.7 Å². The van der Waals surface area contributed by atoms with Gasteiger partial charge in [0.15, 0.2) is 0 Å². The SMILES string of the molecule is Fc1ccccc1[C@H](NCc1ccn[nH]1)C1CCCC1. The van der Waals surface area contributed by atoms with Crippen molar-refractivity contribution in [2.45, 2.75) is 38.3 Å². The van der Waals surface area contributed by atoms with E-state index in [0.29, 0.717) is 12.5 Å². The third-order valence-electron chi connectivity index (χ3n) is 4.18. The molecule has 0 spiro atoms. The van der Waals surface area contributed by atoms with Crippen molar-refractivity contribution in [1.29, 1.82) is 0 Å². The minimum absolute atomic E-state index is 0.0852. The van der Waals surface area contributed by atoms with Crippen molar-refractivity contribution in [1.82, 2.24) is 15.5 Å². The second kappa shape index (κ2) is 6.18. The summed E-state index contributed by atoms with van der Waals surface area (Å²) in [6, 6.07) is 9.15. The molecular weight excluding hydrogens is 253 g/mol. The van der Waals surface area contributed by atoms with E-state index in [0.717, 1.165) is 11.3 Å². The molecule has 20 heavy (non-hydrogen) atoms. The van der Waals surface area contributed by atoms with Crippen LogP contribution in [-0.4, -0.2) is 10.2 Å². The summed E-state index contributed by atoms with van der Waals surface area (Å²) in [4.78, 5) is 0. The summed E-state index contributed by atoms with van der Waals surface area (Å²) in [6.45, 7) is 0.690. The lowest BCUT2D eigenvalue weighted by Gasteiger charge is -2.25. The van der Waals surface area contributed by atoms with E-state index < -0.39 is 0 Å². The van der Waals surface area contributed by atoms with E-state index in [-0.39, 0.29) is 11.9 Å². The molecular formula is C16H20FN3. The van der Waals surface area contributed by atoms with Gasteiger partial charge in [-0.3, -0.25) is 5.10 Å². The largest absolute Gasteiger partial charge is 0.304 e. The average molecular weight is 273 g/mol. The van der Waals surface area contributed by atoms with Crippen LogP contribution in [0.15, 0.2) is 36.5 Å². The predicted octanol–water partition coefficient (Wildman–Crippen LogP) is 3.57. The molecule has 1 aliphatic carbocycles. The molecule has 0 amide bonds. The maximum atomic E-state index is 14.1. The molecule has 1 aliphatic rings. The van der Waals surface area contributed by atoms with Crippen molar-refractivity contribution < 1.29 is 4.39 Å². The fourth-order valence-electron chi connectivity index (χ4n) is 3.15. The maximum absolute atomic E-state index is 14.1. The Morgan fingerprint density at radius 2 is 2.05 bits per heavy atom. The molecule has 1 aromatic heterocycles. The minimum Gasteiger partial charge on any atom is -0.304 e. The van der Waals surface area contributed by atoms with E-state index in [1.807, 2.05) is 18.2 Å². The summed E-state index contributed by atoms with van der Waals surface area (Å²) in [7, 11) is 0. The number of hydrogen-bond acceptors (Lipinski definition) is 2. The summed E-state index contributed by atoms with van der Waals surface area (Å²) >= 11 is 0. The van der Waals surface area contributed by atoms with Crippen LogP contribution in [0.4, 0.5) is 4.39 Å². The van der Waals surface area contributed by atoms with Gasteiger partial charge in [-0.15, -0.1) is 0 Å². The Hall–Kier alpha value is -1.68. The molecule has 1 atom stereocenters. The average Bonchev–Trinajstić information content (AvgIpc) is 3.14.